The molecule has 0 radical (unpaired) electrons. The number of hydrogen-bond donors (Lipinski definition) is 0. The van der Waals surface area contributed by atoms with Crippen molar-refractivity contribution in [3.05, 3.63) is 42.7 Å². The smallest absolute Gasteiger partial charge is 0.168 e. The Hall–Kier alpha value is -1.97. The monoisotopic (exact) mass is 173 g/mol. The van der Waals surface area contributed by atoms with E-state index in [9.17, 15) is 4.79 Å². The molecule has 0 aromatic carbocycles. The van der Waals surface area contributed by atoms with Gasteiger partial charge in [0.15, 0.2) is 6.29 Å². The van der Waals surface area contributed by atoms with Crippen LogP contribution in [0, 0.1) is 0 Å². The van der Waals surface area contributed by atoms with Gasteiger partial charge in [0.1, 0.15) is 5.69 Å². The van der Waals surface area contributed by atoms with Gasteiger partial charge in [-0.05, 0) is 12.1 Å². The summed E-state index contributed by atoms with van der Waals surface area (Å²) in [6.07, 6.45) is 7.53. The molecule has 0 bridgehead atoms. The van der Waals surface area contributed by atoms with Gasteiger partial charge in [-0.3, -0.25) is 9.78 Å². The fourth-order valence-electron chi connectivity index (χ4n) is 1.03. The van der Waals surface area contributed by atoms with Gasteiger partial charge < -0.3 is 4.57 Å². The number of hydrogen-bond acceptors (Lipinski definition) is 3. The number of rotatable bonds is 2. The Morgan fingerprint density at radius 1 is 1.38 bits per heavy atom. The minimum Gasteiger partial charge on any atom is -0.305 e. The van der Waals surface area contributed by atoms with E-state index in [1.807, 2.05) is 16.8 Å². The van der Waals surface area contributed by atoms with Crippen molar-refractivity contribution in [1.29, 1.82) is 0 Å². The van der Waals surface area contributed by atoms with Gasteiger partial charge in [0.2, 0.25) is 0 Å². The van der Waals surface area contributed by atoms with E-state index in [0.717, 1.165) is 12.0 Å². The Bertz CT molecular complexity index is 391. The van der Waals surface area contributed by atoms with Crippen LogP contribution in [0.5, 0.6) is 0 Å². The minimum atomic E-state index is 0.434. The average molecular weight is 173 g/mol. The maximum atomic E-state index is 10.3. The highest BCUT2D eigenvalue weighted by Gasteiger charge is 1.95. The highest BCUT2D eigenvalue weighted by atomic mass is 16.1. The predicted molar refractivity (Wildman–Crippen MR) is 46.7 cm³/mol. The quantitative estimate of drug-likeness (QED) is 0.638. The first-order valence-electron chi connectivity index (χ1n) is 3.80. The maximum absolute atomic E-state index is 10.3. The second-order valence-corrected chi connectivity index (χ2v) is 2.53. The lowest BCUT2D eigenvalue weighted by Gasteiger charge is -1.99. The number of pyridine rings is 1. The molecule has 0 aliphatic carbocycles. The topological polar surface area (TPSA) is 47.8 Å². The first kappa shape index (κ1) is 7.67. The van der Waals surface area contributed by atoms with Crippen molar-refractivity contribution in [2.75, 3.05) is 0 Å². The average Bonchev–Trinajstić information content (AvgIpc) is 2.71. The zero-order valence-electron chi connectivity index (χ0n) is 6.79. The highest BCUT2D eigenvalue weighted by Crippen LogP contribution is 2.04. The summed E-state index contributed by atoms with van der Waals surface area (Å²) in [5.41, 5.74) is 1.33. The van der Waals surface area contributed by atoms with E-state index in [4.69, 9.17) is 0 Å². The fraction of sp³-hybridized carbons (Fsp3) is 0. The van der Waals surface area contributed by atoms with Gasteiger partial charge >= 0.3 is 0 Å². The summed E-state index contributed by atoms with van der Waals surface area (Å²) >= 11 is 0. The van der Waals surface area contributed by atoms with Gasteiger partial charge in [0.05, 0.1) is 18.2 Å². The molecule has 0 N–H and O–H groups in total. The van der Waals surface area contributed by atoms with Crippen molar-refractivity contribution in [2.45, 2.75) is 0 Å². The molecule has 2 aromatic heterocycles. The summed E-state index contributed by atoms with van der Waals surface area (Å²) in [6, 6.07) is 3.49. The van der Waals surface area contributed by atoms with Crippen LogP contribution >= 0.6 is 0 Å². The summed E-state index contributed by atoms with van der Waals surface area (Å²) in [7, 11) is 0. The first-order chi connectivity index (χ1) is 6.40. The zero-order valence-corrected chi connectivity index (χ0v) is 6.79. The van der Waals surface area contributed by atoms with Crippen molar-refractivity contribution in [1.82, 2.24) is 14.5 Å². The summed E-state index contributed by atoms with van der Waals surface area (Å²) in [5.74, 6) is 0. The number of carbonyl (C=O) groups excluding carboxylic acids is 1. The molecular weight excluding hydrogens is 166 g/mol. The van der Waals surface area contributed by atoms with Gasteiger partial charge in [-0.25, -0.2) is 4.98 Å². The summed E-state index contributed by atoms with van der Waals surface area (Å²) in [4.78, 5) is 18.2. The van der Waals surface area contributed by atoms with Gasteiger partial charge in [-0.15, -0.1) is 0 Å². The number of aromatic nitrogens is 3. The maximum Gasteiger partial charge on any atom is 0.168 e. The molecule has 0 aliphatic heterocycles. The Morgan fingerprint density at radius 2 is 2.31 bits per heavy atom. The van der Waals surface area contributed by atoms with Crippen molar-refractivity contribution in [3.63, 3.8) is 0 Å². The van der Waals surface area contributed by atoms with Crippen LogP contribution in [0.4, 0.5) is 0 Å². The third kappa shape index (κ3) is 1.46. The Labute approximate surface area is 74.9 Å². The summed E-state index contributed by atoms with van der Waals surface area (Å²) in [5, 5.41) is 0. The van der Waals surface area contributed by atoms with Crippen LogP contribution in [0.25, 0.3) is 5.69 Å². The van der Waals surface area contributed by atoms with E-state index in [-0.39, 0.29) is 0 Å². The van der Waals surface area contributed by atoms with E-state index >= 15 is 0 Å². The minimum absolute atomic E-state index is 0.434. The second kappa shape index (κ2) is 3.18. The molecule has 0 aliphatic rings. The molecule has 13 heavy (non-hydrogen) atoms. The standard InChI is InChI=1S/C9H7N3O/c13-6-8-1-2-9(5-11-8)12-4-3-10-7-12/h1-7H. The molecule has 2 heterocycles. The van der Waals surface area contributed by atoms with Crippen LogP contribution in [0.15, 0.2) is 37.1 Å². The van der Waals surface area contributed by atoms with Gasteiger partial charge in [0, 0.05) is 12.4 Å². The van der Waals surface area contributed by atoms with Crippen LogP contribution in [0.3, 0.4) is 0 Å². The molecule has 0 saturated carbocycles. The fourth-order valence-corrected chi connectivity index (χ4v) is 1.03. The van der Waals surface area contributed by atoms with Crippen LogP contribution < -0.4 is 0 Å². The van der Waals surface area contributed by atoms with E-state index < -0.39 is 0 Å². The Kier molecular flexibility index (Phi) is 1.88. The molecule has 64 valence electrons. The molecule has 0 amide bonds. The van der Waals surface area contributed by atoms with Gasteiger partial charge in [-0.1, -0.05) is 0 Å². The highest BCUT2D eigenvalue weighted by molar-refractivity contribution is 5.71. The Balaban J connectivity index is 2.38. The van der Waals surface area contributed by atoms with E-state index in [1.165, 1.54) is 0 Å². The lowest BCUT2D eigenvalue weighted by molar-refractivity contribution is 0.111. The summed E-state index contributed by atoms with van der Waals surface area (Å²) < 4.78 is 1.82. The molecule has 4 nitrogen and oxygen atoms in total. The third-order valence-corrected chi connectivity index (χ3v) is 1.69. The number of carbonyl (C=O) groups is 1. The first-order valence-corrected chi connectivity index (χ1v) is 3.80. The van der Waals surface area contributed by atoms with E-state index in [2.05, 4.69) is 9.97 Å². The molecule has 4 heteroatoms. The molecule has 0 saturated heterocycles. The normalized spacial score (nSPS) is 9.85. The van der Waals surface area contributed by atoms with Crippen LogP contribution in [-0.2, 0) is 0 Å². The van der Waals surface area contributed by atoms with Crippen LogP contribution in [0.2, 0.25) is 0 Å². The largest absolute Gasteiger partial charge is 0.305 e. The molecule has 0 unspecified atom stereocenters. The third-order valence-electron chi connectivity index (χ3n) is 1.69. The summed E-state index contributed by atoms with van der Waals surface area (Å²) in [6.45, 7) is 0. The van der Waals surface area contributed by atoms with Crippen LogP contribution in [-0.4, -0.2) is 20.8 Å². The Morgan fingerprint density at radius 3 is 2.85 bits per heavy atom. The number of aldehydes is 1. The SMILES string of the molecule is O=Cc1ccc(-n2ccnc2)cn1. The lowest BCUT2D eigenvalue weighted by Crippen LogP contribution is -1.93. The number of imidazole rings is 1. The lowest BCUT2D eigenvalue weighted by atomic mass is 10.3. The molecule has 2 aromatic rings. The second-order valence-electron chi connectivity index (χ2n) is 2.53. The van der Waals surface area contributed by atoms with Crippen LogP contribution in [0.1, 0.15) is 10.5 Å². The van der Waals surface area contributed by atoms with Crippen molar-refractivity contribution in [3.8, 4) is 5.69 Å². The molecule has 0 spiro atoms. The van der Waals surface area contributed by atoms with Crippen molar-refractivity contribution >= 4 is 6.29 Å². The molecule has 0 atom stereocenters. The van der Waals surface area contributed by atoms with E-state index in [0.29, 0.717) is 5.69 Å². The number of nitrogens with zero attached hydrogens (tertiary/aromatic N) is 3. The van der Waals surface area contributed by atoms with Crippen molar-refractivity contribution < 1.29 is 4.79 Å². The van der Waals surface area contributed by atoms with Gasteiger partial charge in [-0.2, -0.15) is 0 Å². The predicted octanol–water partition coefficient (Wildman–Crippen LogP) is 1.08. The molecule has 0 fully saturated rings. The van der Waals surface area contributed by atoms with Crippen molar-refractivity contribution in [2.24, 2.45) is 0 Å². The van der Waals surface area contributed by atoms with Gasteiger partial charge in [0.25, 0.3) is 0 Å². The van der Waals surface area contributed by atoms with E-state index in [1.54, 1.807) is 24.8 Å². The zero-order chi connectivity index (χ0) is 9.10. The molecule has 2 rings (SSSR count). The molecular formula is C9H7N3O.